The summed E-state index contributed by atoms with van der Waals surface area (Å²) < 4.78 is 11.3. The van der Waals surface area contributed by atoms with Crippen molar-refractivity contribution in [1.29, 1.82) is 0 Å². The van der Waals surface area contributed by atoms with Gasteiger partial charge in [0.2, 0.25) is 0 Å². The monoisotopic (exact) mass is 485 g/mol. The van der Waals surface area contributed by atoms with E-state index in [1.807, 2.05) is 49.4 Å². The molecule has 0 radical (unpaired) electrons. The zero-order valence-electron chi connectivity index (χ0n) is 17.9. The molecule has 0 spiro atoms. The average Bonchev–Trinajstić information content (AvgIpc) is 2.79. The zero-order chi connectivity index (χ0) is 23.5. The van der Waals surface area contributed by atoms with E-state index < -0.39 is 18.0 Å². The molecule has 1 aliphatic heterocycles. The second kappa shape index (κ2) is 9.68. The van der Waals surface area contributed by atoms with Crippen LogP contribution >= 0.6 is 23.2 Å². The minimum Gasteiger partial charge on any atom is -0.483 e. The predicted octanol–water partition coefficient (Wildman–Crippen LogP) is 5.10. The number of aromatic nitrogens is 1. The first-order valence-electron chi connectivity index (χ1n) is 10.3. The smallest absolute Gasteiger partial charge is 0.338 e. The van der Waals surface area contributed by atoms with Crippen molar-refractivity contribution in [3.8, 4) is 5.75 Å². The first-order valence-corrected chi connectivity index (χ1v) is 11.1. The number of halogens is 2. The molecule has 1 atom stereocenters. The van der Waals surface area contributed by atoms with Crippen LogP contribution in [0.25, 0.3) is 10.9 Å². The predicted molar refractivity (Wildman–Crippen MR) is 127 cm³/mol. The molecular weight excluding hydrogens is 465 g/mol. The number of esters is 1. The first-order chi connectivity index (χ1) is 15.9. The van der Waals surface area contributed by atoms with Gasteiger partial charge in [-0.25, -0.2) is 14.6 Å². The van der Waals surface area contributed by atoms with Gasteiger partial charge in [-0.3, -0.25) is 0 Å². The summed E-state index contributed by atoms with van der Waals surface area (Å²) in [6, 6.07) is 13.3. The van der Waals surface area contributed by atoms with Gasteiger partial charge in [-0.2, -0.15) is 0 Å². The van der Waals surface area contributed by atoms with Crippen LogP contribution < -0.4 is 15.4 Å². The van der Waals surface area contributed by atoms with Crippen LogP contribution in [0.5, 0.6) is 5.75 Å². The Bertz CT molecular complexity index is 1260. The number of benzene rings is 2. The van der Waals surface area contributed by atoms with Gasteiger partial charge in [0.15, 0.2) is 5.75 Å². The van der Waals surface area contributed by atoms with Gasteiger partial charge in [-0.1, -0.05) is 53.5 Å². The van der Waals surface area contributed by atoms with Crippen molar-refractivity contribution < 1.29 is 19.1 Å². The number of hydrogen-bond acceptors (Lipinski definition) is 5. The average molecular weight is 486 g/mol. The third kappa shape index (κ3) is 4.74. The molecule has 0 fully saturated rings. The van der Waals surface area contributed by atoms with E-state index in [4.69, 9.17) is 32.7 Å². The molecule has 33 heavy (non-hydrogen) atoms. The van der Waals surface area contributed by atoms with Crippen molar-refractivity contribution in [2.45, 2.75) is 19.9 Å². The lowest BCUT2D eigenvalue weighted by molar-refractivity contribution is -0.139. The number of ether oxygens (including phenoxy) is 2. The summed E-state index contributed by atoms with van der Waals surface area (Å²) in [5, 5.41) is 6.86. The van der Waals surface area contributed by atoms with Crippen molar-refractivity contribution in [2.24, 2.45) is 0 Å². The first kappa shape index (κ1) is 22.9. The molecule has 9 heteroatoms. The molecule has 2 aromatic carbocycles. The number of hydrogen-bond donors (Lipinski definition) is 2. The lowest BCUT2D eigenvalue weighted by atomic mass is 9.95. The molecule has 4 rings (SSSR count). The molecule has 7 nitrogen and oxygen atoms in total. The fraction of sp³-hybridized carbons (Fsp3) is 0.208. The number of carbonyl (C=O) groups is 2. The van der Waals surface area contributed by atoms with Gasteiger partial charge in [-0.05, 0) is 37.6 Å². The van der Waals surface area contributed by atoms with Crippen molar-refractivity contribution >= 4 is 46.1 Å². The van der Waals surface area contributed by atoms with E-state index in [-0.39, 0.29) is 29.5 Å². The van der Waals surface area contributed by atoms with Crippen LogP contribution in [0, 0.1) is 6.92 Å². The molecular formula is C24H21Cl2N3O4. The molecule has 0 aliphatic carbocycles. The van der Waals surface area contributed by atoms with Crippen LogP contribution in [0.3, 0.4) is 0 Å². The van der Waals surface area contributed by atoms with E-state index in [0.717, 1.165) is 11.3 Å². The van der Waals surface area contributed by atoms with Crippen molar-refractivity contribution in [3.05, 3.63) is 81.1 Å². The lowest BCUT2D eigenvalue weighted by Crippen LogP contribution is -2.47. The summed E-state index contributed by atoms with van der Waals surface area (Å²) in [5.74, 6) is -0.252. The summed E-state index contributed by atoms with van der Waals surface area (Å²) in [4.78, 5) is 29.9. The minimum atomic E-state index is -0.699. The summed E-state index contributed by atoms with van der Waals surface area (Å²) in [7, 11) is 0. The van der Waals surface area contributed by atoms with E-state index in [0.29, 0.717) is 21.7 Å². The third-order valence-electron chi connectivity index (χ3n) is 5.12. The van der Waals surface area contributed by atoms with Crippen LogP contribution in [0.1, 0.15) is 24.2 Å². The highest BCUT2D eigenvalue weighted by Crippen LogP contribution is 2.38. The number of fused-ring (bicyclic) bond motifs is 1. The largest absolute Gasteiger partial charge is 0.483 e. The minimum absolute atomic E-state index is 0.142. The fourth-order valence-electron chi connectivity index (χ4n) is 3.65. The highest BCUT2D eigenvalue weighted by Gasteiger charge is 2.34. The maximum Gasteiger partial charge on any atom is 0.338 e. The van der Waals surface area contributed by atoms with Crippen molar-refractivity contribution in [2.75, 3.05) is 13.2 Å². The topological polar surface area (TPSA) is 89.6 Å². The van der Waals surface area contributed by atoms with Gasteiger partial charge in [-0.15, -0.1) is 0 Å². The van der Waals surface area contributed by atoms with Gasteiger partial charge in [0.05, 0.1) is 34.0 Å². The van der Waals surface area contributed by atoms with E-state index in [2.05, 4.69) is 15.6 Å². The number of nitrogens with zero attached hydrogens (tertiary/aromatic N) is 1. The van der Waals surface area contributed by atoms with Crippen LogP contribution in [0.15, 0.2) is 59.8 Å². The maximum absolute atomic E-state index is 12.9. The Labute approximate surface area is 200 Å². The Morgan fingerprint density at radius 2 is 1.88 bits per heavy atom. The van der Waals surface area contributed by atoms with Gasteiger partial charge < -0.3 is 20.1 Å². The summed E-state index contributed by atoms with van der Waals surface area (Å²) in [6.07, 6.45) is 0. The number of nitrogens with one attached hydrogen (secondary N) is 2. The molecule has 170 valence electrons. The molecule has 3 aromatic rings. The van der Waals surface area contributed by atoms with Crippen LogP contribution in [-0.2, 0) is 9.53 Å². The molecule has 0 bridgehead atoms. The van der Waals surface area contributed by atoms with Gasteiger partial charge in [0.25, 0.3) is 0 Å². The third-order valence-corrected chi connectivity index (χ3v) is 5.71. The van der Waals surface area contributed by atoms with Crippen molar-refractivity contribution in [1.82, 2.24) is 15.6 Å². The molecule has 2 heterocycles. The molecule has 1 aliphatic rings. The SMILES string of the molecule is CCOC(=O)C1=C(COc2c(Cl)cc(Cl)c3ccc(C)nc23)NC(=O)NC1c1ccccc1. The number of amides is 2. The Morgan fingerprint density at radius 3 is 2.61 bits per heavy atom. The molecule has 1 aromatic heterocycles. The quantitative estimate of drug-likeness (QED) is 0.474. The van der Waals surface area contributed by atoms with Crippen LogP contribution in [0.4, 0.5) is 4.79 Å². The molecule has 0 saturated heterocycles. The molecule has 0 saturated carbocycles. The lowest BCUT2D eigenvalue weighted by Gasteiger charge is -2.29. The fourth-order valence-corrected chi connectivity index (χ4v) is 4.22. The Hall–Kier alpha value is -3.29. The summed E-state index contributed by atoms with van der Waals surface area (Å²) in [5.41, 5.74) is 2.52. The van der Waals surface area contributed by atoms with Crippen LogP contribution in [-0.4, -0.2) is 30.2 Å². The number of pyridine rings is 1. The highest BCUT2D eigenvalue weighted by atomic mass is 35.5. The summed E-state index contributed by atoms with van der Waals surface area (Å²) >= 11 is 12.7. The summed E-state index contributed by atoms with van der Waals surface area (Å²) in [6.45, 7) is 3.60. The number of carbonyl (C=O) groups excluding carboxylic acids is 2. The normalized spacial score (nSPS) is 15.8. The van der Waals surface area contributed by atoms with Crippen LogP contribution in [0.2, 0.25) is 10.0 Å². The van der Waals surface area contributed by atoms with E-state index in [1.165, 1.54) is 0 Å². The molecule has 2 amide bonds. The van der Waals surface area contributed by atoms with Gasteiger partial charge in [0.1, 0.15) is 12.1 Å². The van der Waals surface area contributed by atoms with E-state index >= 15 is 0 Å². The number of rotatable bonds is 6. The Kier molecular flexibility index (Phi) is 6.72. The van der Waals surface area contributed by atoms with E-state index in [9.17, 15) is 9.59 Å². The maximum atomic E-state index is 12.9. The number of urea groups is 1. The second-order valence-electron chi connectivity index (χ2n) is 7.36. The Balaban J connectivity index is 1.77. The number of aryl methyl sites for hydroxylation is 1. The van der Waals surface area contributed by atoms with Gasteiger partial charge >= 0.3 is 12.0 Å². The van der Waals surface area contributed by atoms with Gasteiger partial charge in [0, 0.05) is 11.1 Å². The van der Waals surface area contributed by atoms with Crippen molar-refractivity contribution in [3.63, 3.8) is 0 Å². The molecule has 2 N–H and O–H groups in total. The molecule has 1 unspecified atom stereocenters. The standard InChI is InChI=1S/C24H21Cl2N3O4/c1-3-32-23(30)19-18(28-24(31)29-20(19)14-7-5-4-6-8-14)12-33-22-17(26)11-16(25)15-10-9-13(2)27-21(15)22/h4-11,20H,3,12H2,1-2H3,(H2,28,29,31). The second-order valence-corrected chi connectivity index (χ2v) is 8.18. The Morgan fingerprint density at radius 1 is 1.12 bits per heavy atom. The van der Waals surface area contributed by atoms with E-state index in [1.54, 1.807) is 13.0 Å². The highest BCUT2D eigenvalue weighted by molar-refractivity contribution is 6.39. The zero-order valence-corrected chi connectivity index (χ0v) is 19.5.